The summed E-state index contributed by atoms with van der Waals surface area (Å²) in [6.45, 7) is 7.48. The number of para-hydroxylation sites is 2. The monoisotopic (exact) mass is 1970 g/mol. The number of amides is 15. The number of nitrogens with one attached hydrogen (secondary N) is 15. The molecule has 3 aromatic heterocycles. The number of aromatic nitrogens is 4. The van der Waals surface area contributed by atoms with Crippen LogP contribution in [0, 0.1) is 11.8 Å². The third-order valence-corrected chi connectivity index (χ3v) is 25.6. The van der Waals surface area contributed by atoms with Crippen molar-refractivity contribution in [2.45, 2.75) is 216 Å². The molecule has 15 amide bonds. The van der Waals surface area contributed by atoms with Crippen molar-refractivity contribution >= 4 is 116 Å². The van der Waals surface area contributed by atoms with Crippen molar-refractivity contribution in [3.05, 3.63) is 252 Å². The number of carbonyl (C=O) groups excluding carboxylic acids is 15. The number of carboxylic acid groups (broad SMARTS) is 1. The second-order valence-corrected chi connectivity index (χ2v) is 36.9. The van der Waals surface area contributed by atoms with Gasteiger partial charge in [0, 0.05) is 98.4 Å². The second kappa shape index (κ2) is 50.7. The minimum absolute atomic E-state index is 0.000708. The molecule has 2 saturated heterocycles. The highest BCUT2D eigenvalue weighted by Gasteiger charge is 2.45. The molecule has 2 aliphatic heterocycles. The first-order chi connectivity index (χ1) is 69.0. The van der Waals surface area contributed by atoms with E-state index in [9.17, 15) is 82.8 Å². The Hall–Kier alpha value is -16.3. The maximum Gasteiger partial charge on any atom is 0.326 e. The maximum atomic E-state index is 15.3. The van der Waals surface area contributed by atoms with Crippen LogP contribution in [0.5, 0.6) is 17.2 Å². The second-order valence-electron chi connectivity index (χ2n) is 36.9. The lowest BCUT2D eigenvalue weighted by Gasteiger charge is -2.33. The number of phenols is 3. The van der Waals surface area contributed by atoms with E-state index in [1.165, 1.54) is 89.9 Å². The zero-order valence-electron chi connectivity index (χ0n) is 80.4. The van der Waals surface area contributed by atoms with E-state index in [2.05, 4.69) is 83.7 Å². The van der Waals surface area contributed by atoms with E-state index in [1.54, 1.807) is 131 Å². The number of benzene rings is 7. The van der Waals surface area contributed by atoms with Crippen LogP contribution >= 0.6 is 0 Å². The van der Waals surface area contributed by atoms with Crippen LogP contribution in [0.15, 0.2) is 207 Å². The van der Waals surface area contributed by atoms with Crippen molar-refractivity contribution in [3.8, 4) is 17.2 Å². The van der Waals surface area contributed by atoms with Gasteiger partial charge in [0.2, 0.25) is 88.6 Å². The van der Waals surface area contributed by atoms with Gasteiger partial charge < -0.3 is 120 Å². The van der Waals surface area contributed by atoms with Gasteiger partial charge in [0.25, 0.3) is 0 Å². The Balaban J connectivity index is 0.691. The number of aromatic hydroxyl groups is 3. The number of primary amides is 1. The van der Waals surface area contributed by atoms with Crippen molar-refractivity contribution in [1.82, 2.24) is 93.5 Å². The molecular weight excluding hydrogens is 1850 g/mol. The van der Waals surface area contributed by atoms with E-state index in [1.807, 2.05) is 30.3 Å². The van der Waals surface area contributed by atoms with Gasteiger partial charge in [0.05, 0.1) is 31.0 Å². The van der Waals surface area contributed by atoms with Crippen LogP contribution in [0.2, 0.25) is 0 Å². The van der Waals surface area contributed by atoms with Crippen molar-refractivity contribution in [1.29, 1.82) is 0 Å². The number of nitrogens with two attached hydrogens (primary N) is 2. The van der Waals surface area contributed by atoms with Gasteiger partial charge in [-0.05, 0) is 145 Å². The molecule has 10 aromatic rings. The molecule has 2 aliphatic rings. The molecule has 144 heavy (non-hydrogen) atoms. The van der Waals surface area contributed by atoms with Gasteiger partial charge in [0.15, 0.2) is 0 Å². The number of rotatable bonds is 49. The van der Waals surface area contributed by atoms with Crippen LogP contribution in [0.4, 0.5) is 0 Å². The standard InChI is InChI=1S/C104H124N20O20/c1-6-59(4)90(103(142)124-42-17-27-86(124)100(139)110-56-89(129)113-77(43-58(2)3)94(133)118-82(50-67-54-109-76-26-16-14-24-73(67)76)98(137)117-81(47-65-33-39-71(127)40-34-65)97(136)121-85(104(143)144)48-62-21-11-8-12-22-62)122-99(138)83(52-88(106)128)119-101(140)87-28-18-41-123(87)102(141)84(51-68-55-107-57-111-68)120-96(135)79(45-63-29-35-69(125)36-30-63)114-91(130)60(5)112-93(132)78(44-61-19-9-7-10-20-61)116-95(134)80(46-64-31-37-70(126)38-32-64)115-92(131)74(105)49-66-53-108-75-25-15-13-23-72(66)75/h7-16,19-26,29-40,53-55,57-60,74,77-87,90,108-109,125-127H,6,17-18,27-28,41-52,56,105H2,1-5H3,(H2,106,128)(H,107,111)(H,110,139)(H,112,132)(H,113,129)(H,114,130)(H,115,131)(H,116,134)(H,117,137)(H,118,133)(H,119,140)(H,120,135)(H,121,136)(H,122,138)(H,143,144)/t59-,60-,74-,77-,78-,79-,80-,81-,82-,83-,84-,85-,86-,87-,90-/m0/s1. The summed E-state index contributed by atoms with van der Waals surface area (Å²) < 4.78 is 0. The normalized spacial score (nSPS) is 16.1. The fourth-order valence-corrected chi connectivity index (χ4v) is 17.7. The number of fused-ring (bicyclic) bond motifs is 2. The Labute approximate surface area is 830 Å². The van der Waals surface area contributed by atoms with E-state index >= 15 is 14.4 Å². The molecule has 760 valence electrons. The average Bonchev–Trinajstić information content (AvgIpc) is 1.70. The molecule has 40 heteroatoms. The smallest absolute Gasteiger partial charge is 0.326 e. The predicted molar refractivity (Wildman–Crippen MR) is 530 cm³/mol. The van der Waals surface area contributed by atoms with Crippen LogP contribution in [0.3, 0.4) is 0 Å². The van der Waals surface area contributed by atoms with Crippen molar-refractivity contribution in [2.24, 2.45) is 23.3 Å². The van der Waals surface area contributed by atoms with Gasteiger partial charge in [-0.1, -0.05) is 168 Å². The van der Waals surface area contributed by atoms with Crippen molar-refractivity contribution in [3.63, 3.8) is 0 Å². The van der Waals surface area contributed by atoms with Crippen LogP contribution < -0.4 is 75.3 Å². The lowest BCUT2D eigenvalue weighted by molar-refractivity contribution is -0.144. The van der Waals surface area contributed by atoms with E-state index < -0.39 is 198 Å². The third kappa shape index (κ3) is 29.9. The first-order valence-corrected chi connectivity index (χ1v) is 48.0. The Kier molecular flexibility index (Phi) is 37.5. The van der Waals surface area contributed by atoms with E-state index in [0.29, 0.717) is 44.3 Å². The molecule has 12 rings (SSSR count). The summed E-state index contributed by atoms with van der Waals surface area (Å²) in [6, 6.07) is 29.3. The number of aliphatic carboxylic acids is 1. The Morgan fingerprint density at radius 1 is 0.410 bits per heavy atom. The molecule has 2 fully saturated rings. The zero-order valence-corrected chi connectivity index (χ0v) is 80.4. The first kappa shape index (κ1) is 107. The molecule has 40 nitrogen and oxygen atoms in total. The zero-order chi connectivity index (χ0) is 103. The number of H-pyrrole nitrogens is 3. The highest BCUT2D eigenvalue weighted by atomic mass is 16.4. The minimum Gasteiger partial charge on any atom is -0.508 e. The molecule has 0 saturated carbocycles. The molecule has 0 radical (unpaired) electrons. The number of likely N-dealkylation sites (tertiary alicyclic amines) is 2. The lowest BCUT2D eigenvalue weighted by Crippen LogP contribution is -2.61. The highest BCUT2D eigenvalue weighted by molar-refractivity contribution is 6.02. The number of carbonyl (C=O) groups is 16. The number of phenolic OH excluding ortho intramolecular Hbond substituents is 3. The average molecular weight is 1970 g/mol. The summed E-state index contributed by atoms with van der Waals surface area (Å²) >= 11 is 0. The maximum absolute atomic E-state index is 15.3. The number of aromatic amines is 3. The summed E-state index contributed by atoms with van der Waals surface area (Å²) in [5.41, 5.74) is 18.0. The Bertz CT molecular complexity index is 6180. The third-order valence-electron chi connectivity index (χ3n) is 25.6. The number of imidazole rings is 1. The van der Waals surface area contributed by atoms with Gasteiger partial charge in [-0.2, -0.15) is 0 Å². The van der Waals surface area contributed by atoms with Gasteiger partial charge in [-0.25, -0.2) is 9.78 Å². The first-order valence-electron chi connectivity index (χ1n) is 48.0. The quantitative estimate of drug-likeness (QED) is 0.0260. The molecule has 7 aromatic carbocycles. The van der Waals surface area contributed by atoms with Gasteiger partial charge >= 0.3 is 5.97 Å². The molecular formula is C104H124N20O20. The summed E-state index contributed by atoms with van der Waals surface area (Å²) in [4.78, 5) is 248. The van der Waals surface area contributed by atoms with E-state index in [-0.39, 0.29) is 132 Å². The highest BCUT2D eigenvalue weighted by Crippen LogP contribution is 2.28. The topological polar surface area (TPSA) is 617 Å². The number of nitrogens with zero attached hydrogens (tertiary/aromatic N) is 3. The molecule has 0 aliphatic carbocycles. The van der Waals surface area contributed by atoms with Crippen molar-refractivity contribution < 1.29 is 97.1 Å². The fraction of sp³-hybridized carbons (Fsp3) is 0.375. The minimum atomic E-state index is -1.78. The van der Waals surface area contributed by atoms with Gasteiger partial charge in [-0.3, -0.25) is 71.9 Å². The molecule has 5 heterocycles. The largest absolute Gasteiger partial charge is 0.508 e. The molecule has 0 spiro atoms. The molecule has 23 N–H and O–H groups in total. The number of hydrogen-bond acceptors (Lipinski definition) is 21. The lowest BCUT2D eigenvalue weighted by atomic mass is 9.96. The molecule has 15 atom stereocenters. The Morgan fingerprint density at radius 3 is 1.28 bits per heavy atom. The van der Waals surface area contributed by atoms with Crippen LogP contribution in [0.25, 0.3) is 21.8 Å². The van der Waals surface area contributed by atoms with Gasteiger partial charge in [-0.15, -0.1) is 0 Å². The van der Waals surface area contributed by atoms with E-state index in [0.717, 1.165) is 16.5 Å². The van der Waals surface area contributed by atoms with Crippen LogP contribution in [0.1, 0.15) is 124 Å². The van der Waals surface area contributed by atoms with Crippen LogP contribution in [-0.4, -0.2) is 249 Å². The molecule has 0 unspecified atom stereocenters. The number of carboxylic acids is 1. The van der Waals surface area contributed by atoms with Crippen molar-refractivity contribution in [2.75, 3.05) is 19.6 Å². The van der Waals surface area contributed by atoms with E-state index in [4.69, 9.17) is 11.5 Å². The van der Waals surface area contributed by atoms with Gasteiger partial charge in [0.1, 0.15) is 95.8 Å². The summed E-state index contributed by atoms with van der Waals surface area (Å²) in [5, 5.41) is 74.8. The SMILES string of the molecule is CC[C@H](C)[C@H](NC(=O)[C@H](CC(N)=O)NC(=O)[C@@H]1CCCN1C(=O)[C@H](Cc1c[nH]cn1)NC(=O)[C@H](Cc1ccc(O)cc1)NC(=O)[C@H](C)NC(=O)[C@H](Cc1ccccc1)NC(=O)[C@H](Cc1ccc(O)cc1)NC(=O)[C@@H](N)Cc1c[nH]c2ccccc12)C(=O)N1CCC[C@H]1C(=O)NCC(=O)N[C@@H](CC(C)C)C(=O)N[C@@H](Cc1c[nH]c2ccccc12)C(=O)N[C@@H](Cc1ccc(O)cc1)C(=O)N[C@@H](Cc1ccccc1)C(=O)O. The fourth-order valence-electron chi connectivity index (χ4n) is 17.7. The molecule has 0 bridgehead atoms. The number of hydrogen-bond donors (Lipinski definition) is 21. The predicted octanol–water partition coefficient (Wildman–Crippen LogP) is 2.56. The summed E-state index contributed by atoms with van der Waals surface area (Å²) in [5.74, 6) is -15.6. The Morgan fingerprint density at radius 2 is 0.812 bits per heavy atom. The summed E-state index contributed by atoms with van der Waals surface area (Å²) in [7, 11) is 0. The summed E-state index contributed by atoms with van der Waals surface area (Å²) in [6.07, 6.45) is 5.01. The van der Waals surface area contributed by atoms with Crippen LogP contribution in [-0.2, 0) is 128 Å².